The topological polar surface area (TPSA) is 59.9 Å². The number of aryl methyl sites for hydroxylation is 2. The van der Waals surface area contributed by atoms with Crippen LogP contribution in [0.1, 0.15) is 49.9 Å². The first-order valence-corrected chi connectivity index (χ1v) is 12.3. The molecule has 3 aromatic heterocycles. The zero-order valence-corrected chi connectivity index (χ0v) is 18.6. The van der Waals surface area contributed by atoms with Gasteiger partial charge in [-0.3, -0.25) is 0 Å². The van der Waals surface area contributed by atoms with E-state index in [1.165, 1.54) is 28.6 Å². The average molecular weight is 417 g/mol. The van der Waals surface area contributed by atoms with Crippen LogP contribution >= 0.6 is 23.1 Å². The molecule has 0 atom stereocenters. The molecule has 1 aliphatic carbocycles. The minimum absolute atomic E-state index is 0.765. The fraction of sp³-hybridized carbons (Fsp3) is 0.571. The predicted octanol–water partition coefficient (Wildman–Crippen LogP) is 5.24. The van der Waals surface area contributed by atoms with Crippen LogP contribution in [-0.2, 0) is 24.0 Å². The summed E-state index contributed by atoms with van der Waals surface area (Å²) in [6.45, 7) is 6.65. The van der Waals surface area contributed by atoms with Crippen molar-refractivity contribution in [3.05, 3.63) is 16.8 Å². The van der Waals surface area contributed by atoms with Gasteiger partial charge in [0.15, 0.2) is 5.16 Å². The zero-order chi connectivity index (χ0) is 19.5. The zero-order valence-electron chi connectivity index (χ0n) is 16.9. The maximum absolute atomic E-state index is 5.45. The first kappa shape index (κ1) is 19.9. The van der Waals surface area contributed by atoms with Crippen molar-refractivity contribution in [2.45, 2.75) is 57.5 Å². The second-order valence-corrected chi connectivity index (χ2v) is 8.89. The fourth-order valence-corrected chi connectivity index (χ4v) is 5.50. The van der Waals surface area contributed by atoms with E-state index in [0.717, 1.165) is 77.9 Å². The Kier molecular flexibility index (Phi) is 6.33. The lowest BCUT2D eigenvalue weighted by molar-refractivity contribution is 0.147. The monoisotopic (exact) mass is 416 g/mol. The summed E-state index contributed by atoms with van der Waals surface area (Å²) < 4.78 is 6.59. The summed E-state index contributed by atoms with van der Waals surface area (Å²) in [6, 6.07) is 0. The third kappa shape index (κ3) is 3.72. The molecule has 0 bridgehead atoms. The SMILES string of the molecule is CCCc1nc2sc3c(NCCCOCC)nc(SC)nc3c2c2c1CCC2. The normalized spacial score (nSPS) is 13.5. The van der Waals surface area contributed by atoms with Gasteiger partial charge < -0.3 is 10.1 Å². The number of nitrogens with one attached hydrogen (secondary N) is 1. The molecule has 0 fully saturated rings. The largest absolute Gasteiger partial charge is 0.382 e. The van der Waals surface area contributed by atoms with Crippen LogP contribution < -0.4 is 5.32 Å². The Morgan fingerprint density at radius 1 is 1.14 bits per heavy atom. The van der Waals surface area contributed by atoms with Crippen molar-refractivity contribution >= 4 is 49.3 Å². The van der Waals surface area contributed by atoms with E-state index in [1.54, 1.807) is 23.1 Å². The predicted molar refractivity (Wildman–Crippen MR) is 120 cm³/mol. The highest BCUT2D eigenvalue weighted by Gasteiger charge is 2.24. The minimum Gasteiger partial charge on any atom is -0.382 e. The molecule has 3 heterocycles. The lowest BCUT2D eigenvalue weighted by Crippen LogP contribution is -2.07. The van der Waals surface area contributed by atoms with E-state index < -0.39 is 0 Å². The lowest BCUT2D eigenvalue weighted by atomic mass is 10.0. The molecule has 5 nitrogen and oxygen atoms in total. The molecule has 0 unspecified atom stereocenters. The number of aromatic nitrogens is 3. The Hall–Kier alpha value is -1.44. The van der Waals surface area contributed by atoms with E-state index in [2.05, 4.69) is 12.2 Å². The van der Waals surface area contributed by atoms with Gasteiger partial charge in [-0.05, 0) is 56.4 Å². The quantitative estimate of drug-likeness (QED) is 0.292. The highest BCUT2D eigenvalue weighted by atomic mass is 32.2. The second-order valence-electron chi connectivity index (χ2n) is 7.12. The van der Waals surface area contributed by atoms with Crippen molar-refractivity contribution in [2.75, 3.05) is 31.3 Å². The van der Waals surface area contributed by atoms with E-state index in [4.69, 9.17) is 19.7 Å². The van der Waals surface area contributed by atoms with Crippen molar-refractivity contribution in [1.29, 1.82) is 0 Å². The number of hydrogen-bond acceptors (Lipinski definition) is 7. The Morgan fingerprint density at radius 2 is 2.00 bits per heavy atom. The van der Waals surface area contributed by atoms with Crippen LogP contribution in [-0.4, -0.2) is 41.0 Å². The standard InChI is InChI=1S/C21H28N4OS2/c1-4-8-15-13-9-6-10-14(13)16-17-18(28-20(16)23-15)19(25-21(24-17)27-3)22-11-7-12-26-5-2/h4-12H2,1-3H3,(H,22,24,25). The van der Waals surface area contributed by atoms with Crippen molar-refractivity contribution < 1.29 is 4.74 Å². The molecule has 0 spiro atoms. The first-order chi connectivity index (χ1) is 13.8. The Bertz CT molecular complexity index is 986. The molecule has 0 saturated carbocycles. The van der Waals surface area contributed by atoms with Gasteiger partial charge in [-0.2, -0.15) is 0 Å². The summed E-state index contributed by atoms with van der Waals surface area (Å²) in [4.78, 5) is 15.9. The summed E-state index contributed by atoms with van der Waals surface area (Å²) >= 11 is 3.34. The number of thioether (sulfide) groups is 1. The summed E-state index contributed by atoms with van der Waals surface area (Å²) in [6.07, 6.45) is 8.74. The molecule has 0 aliphatic heterocycles. The van der Waals surface area contributed by atoms with Gasteiger partial charge in [0.2, 0.25) is 0 Å². The van der Waals surface area contributed by atoms with Gasteiger partial charge in [-0.1, -0.05) is 25.1 Å². The smallest absolute Gasteiger partial charge is 0.189 e. The molecule has 0 saturated heterocycles. The van der Waals surface area contributed by atoms with Crippen molar-refractivity contribution in [2.24, 2.45) is 0 Å². The van der Waals surface area contributed by atoms with E-state index >= 15 is 0 Å². The van der Waals surface area contributed by atoms with E-state index in [9.17, 15) is 0 Å². The molecule has 4 rings (SSSR count). The molecule has 28 heavy (non-hydrogen) atoms. The van der Waals surface area contributed by atoms with Crippen LogP contribution in [0.25, 0.3) is 20.4 Å². The summed E-state index contributed by atoms with van der Waals surface area (Å²) in [7, 11) is 0. The molecule has 0 amide bonds. The van der Waals surface area contributed by atoms with Gasteiger partial charge in [0.25, 0.3) is 0 Å². The third-order valence-electron chi connectivity index (χ3n) is 5.23. The first-order valence-electron chi connectivity index (χ1n) is 10.3. The number of rotatable bonds is 9. The number of thiophene rings is 1. The van der Waals surface area contributed by atoms with Gasteiger partial charge in [0.05, 0.1) is 10.2 Å². The third-order valence-corrected chi connectivity index (χ3v) is 6.86. The summed E-state index contributed by atoms with van der Waals surface area (Å²) in [5.41, 5.74) is 5.37. The van der Waals surface area contributed by atoms with Crippen molar-refractivity contribution in [1.82, 2.24) is 15.0 Å². The molecule has 0 radical (unpaired) electrons. The van der Waals surface area contributed by atoms with Gasteiger partial charge in [0.1, 0.15) is 10.6 Å². The van der Waals surface area contributed by atoms with E-state index in [1.807, 2.05) is 13.2 Å². The van der Waals surface area contributed by atoms with Crippen molar-refractivity contribution in [3.63, 3.8) is 0 Å². The minimum atomic E-state index is 0.765. The number of hydrogen-bond donors (Lipinski definition) is 1. The maximum Gasteiger partial charge on any atom is 0.189 e. The number of anilines is 1. The van der Waals surface area contributed by atoms with Gasteiger partial charge >= 0.3 is 0 Å². The van der Waals surface area contributed by atoms with Crippen LogP contribution in [0, 0.1) is 0 Å². The van der Waals surface area contributed by atoms with Gasteiger partial charge in [0, 0.05) is 30.8 Å². The van der Waals surface area contributed by atoms with Crippen LogP contribution in [0.4, 0.5) is 5.82 Å². The van der Waals surface area contributed by atoms with Gasteiger partial charge in [-0.25, -0.2) is 15.0 Å². The summed E-state index contributed by atoms with van der Waals surface area (Å²) in [5.74, 6) is 0.942. The Balaban J connectivity index is 1.80. The molecule has 0 aromatic carbocycles. The molecule has 1 aliphatic rings. The Labute approximate surface area is 174 Å². The summed E-state index contributed by atoms with van der Waals surface area (Å²) in [5, 5.41) is 5.63. The number of nitrogens with zero attached hydrogens (tertiary/aromatic N) is 3. The van der Waals surface area contributed by atoms with Gasteiger partial charge in [-0.15, -0.1) is 11.3 Å². The molecular formula is C21H28N4OS2. The van der Waals surface area contributed by atoms with Crippen molar-refractivity contribution in [3.8, 4) is 0 Å². The van der Waals surface area contributed by atoms with E-state index in [-0.39, 0.29) is 0 Å². The molecule has 150 valence electrons. The molecule has 7 heteroatoms. The van der Waals surface area contributed by atoms with Crippen LogP contribution in [0.3, 0.4) is 0 Å². The molecule has 3 aromatic rings. The number of fused-ring (bicyclic) bond motifs is 5. The van der Waals surface area contributed by atoms with Crippen LogP contribution in [0.15, 0.2) is 5.16 Å². The van der Waals surface area contributed by atoms with E-state index in [0.29, 0.717) is 0 Å². The van der Waals surface area contributed by atoms with Crippen LogP contribution in [0.5, 0.6) is 0 Å². The fourth-order valence-electron chi connectivity index (χ4n) is 4.00. The maximum atomic E-state index is 5.45. The lowest BCUT2D eigenvalue weighted by Gasteiger charge is -2.09. The molecule has 1 N–H and O–H groups in total. The second kappa shape index (κ2) is 8.93. The highest BCUT2D eigenvalue weighted by molar-refractivity contribution is 7.98. The van der Waals surface area contributed by atoms with Crippen LogP contribution in [0.2, 0.25) is 0 Å². The number of pyridine rings is 1. The Morgan fingerprint density at radius 3 is 2.79 bits per heavy atom. The molecular weight excluding hydrogens is 388 g/mol. The highest BCUT2D eigenvalue weighted by Crippen LogP contribution is 2.42. The number of ether oxygens (including phenoxy) is 1. The average Bonchev–Trinajstić information content (AvgIpc) is 3.32.